The van der Waals surface area contributed by atoms with Crippen molar-refractivity contribution in [3.8, 4) is 0 Å². The van der Waals surface area contributed by atoms with Crippen molar-refractivity contribution >= 4 is 0 Å². The Morgan fingerprint density at radius 2 is 0.692 bits per heavy atom. The van der Waals surface area contributed by atoms with Gasteiger partial charge in [-0.3, -0.25) is 4.90 Å². The van der Waals surface area contributed by atoms with Gasteiger partial charge in [0, 0.05) is 37.8 Å². The van der Waals surface area contributed by atoms with E-state index < -0.39 is 0 Å². The molecule has 0 aromatic rings. The number of rotatable bonds is 12. The summed E-state index contributed by atoms with van der Waals surface area (Å²) in [5.41, 5.74) is 0. The van der Waals surface area contributed by atoms with Crippen molar-refractivity contribution in [2.24, 2.45) is 17.8 Å². The molecule has 0 fully saturated rings. The van der Waals surface area contributed by atoms with Gasteiger partial charge in [0.05, 0.1) is 0 Å². The van der Waals surface area contributed by atoms with Crippen LogP contribution in [0.3, 0.4) is 0 Å². The first-order valence-corrected chi connectivity index (χ1v) is 11.5. The van der Waals surface area contributed by atoms with Crippen molar-refractivity contribution in [3.05, 3.63) is 0 Å². The Labute approximate surface area is 168 Å². The molecule has 0 saturated carbocycles. The van der Waals surface area contributed by atoms with Gasteiger partial charge >= 0.3 is 0 Å². The second kappa shape index (κ2) is 15.9. The highest BCUT2D eigenvalue weighted by Crippen LogP contribution is 2.17. The van der Waals surface area contributed by atoms with Crippen LogP contribution in [0.15, 0.2) is 0 Å². The Morgan fingerprint density at radius 3 is 0.846 bits per heavy atom. The van der Waals surface area contributed by atoms with Crippen LogP contribution in [0.4, 0.5) is 0 Å². The van der Waals surface area contributed by atoms with Gasteiger partial charge in [-0.1, -0.05) is 62.3 Å². The predicted molar refractivity (Wildman–Crippen MR) is 122 cm³/mol. The smallest absolute Gasteiger partial charge is 0.00699 e. The third kappa shape index (κ3) is 14.0. The molecule has 0 saturated heterocycles. The Hall–Kier alpha value is -0.0800. The van der Waals surface area contributed by atoms with Crippen molar-refractivity contribution in [1.82, 2.24) is 9.80 Å². The van der Waals surface area contributed by atoms with E-state index in [1.165, 1.54) is 38.9 Å². The summed E-state index contributed by atoms with van der Waals surface area (Å²) in [7, 11) is 0. The third-order valence-electron chi connectivity index (χ3n) is 5.17. The molecule has 0 heterocycles. The summed E-state index contributed by atoms with van der Waals surface area (Å²) < 4.78 is 0. The van der Waals surface area contributed by atoms with Crippen molar-refractivity contribution < 1.29 is 0 Å². The van der Waals surface area contributed by atoms with Gasteiger partial charge in [0.2, 0.25) is 0 Å². The minimum atomic E-state index is 0.727. The highest BCUT2D eigenvalue weighted by atomic mass is 15.2. The standard InChI is InChI=1S/2C12H27N/c1-10(2)7-13(8-11(3)4)9-12(5)6;1-7-10(4)13(11(5)8-2)12(6)9-3/h2*10-12H,7-9H2,1-6H3. The normalized spacial score (nSPS) is 15.6. The van der Waals surface area contributed by atoms with Gasteiger partial charge in [-0.05, 0) is 57.8 Å². The van der Waals surface area contributed by atoms with Crippen molar-refractivity contribution in [1.29, 1.82) is 0 Å². The largest absolute Gasteiger partial charge is 0.303 e. The summed E-state index contributed by atoms with van der Waals surface area (Å²) in [5.74, 6) is 2.37. The quantitative estimate of drug-likeness (QED) is 0.367. The lowest BCUT2D eigenvalue weighted by atomic mass is 10.1. The molecule has 0 aromatic heterocycles. The Bertz CT molecular complexity index is 251. The van der Waals surface area contributed by atoms with Crippen molar-refractivity contribution in [3.63, 3.8) is 0 Å². The zero-order valence-electron chi connectivity index (χ0n) is 20.6. The van der Waals surface area contributed by atoms with E-state index in [2.05, 4.69) is 92.9 Å². The van der Waals surface area contributed by atoms with Gasteiger partial charge in [-0.25, -0.2) is 0 Å². The van der Waals surface area contributed by atoms with Crippen LogP contribution in [-0.2, 0) is 0 Å². The highest BCUT2D eigenvalue weighted by Gasteiger charge is 2.21. The maximum Gasteiger partial charge on any atom is 0.00699 e. The summed E-state index contributed by atoms with van der Waals surface area (Å²) >= 11 is 0. The zero-order valence-corrected chi connectivity index (χ0v) is 20.6. The predicted octanol–water partition coefficient (Wildman–Crippen LogP) is 6.94. The van der Waals surface area contributed by atoms with Crippen molar-refractivity contribution in [2.75, 3.05) is 19.6 Å². The fraction of sp³-hybridized carbons (Fsp3) is 1.00. The molecule has 0 N–H and O–H groups in total. The maximum atomic E-state index is 2.67. The first-order valence-electron chi connectivity index (χ1n) is 11.5. The minimum Gasteiger partial charge on any atom is -0.303 e. The van der Waals surface area contributed by atoms with Crippen LogP contribution in [0, 0.1) is 17.8 Å². The monoisotopic (exact) mass is 370 g/mol. The summed E-state index contributed by atoms with van der Waals surface area (Å²) in [5, 5.41) is 0. The molecule has 3 unspecified atom stereocenters. The lowest BCUT2D eigenvalue weighted by Crippen LogP contribution is -2.45. The van der Waals surface area contributed by atoms with E-state index >= 15 is 0 Å². The van der Waals surface area contributed by atoms with E-state index in [0.29, 0.717) is 0 Å². The summed E-state index contributed by atoms with van der Waals surface area (Å²) in [4.78, 5) is 5.26. The van der Waals surface area contributed by atoms with Gasteiger partial charge in [0.1, 0.15) is 0 Å². The van der Waals surface area contributed by atoms with E-state index in [0.717, 1.165) is 35.9 Å². The second-order valence-electron chi connectivity index (χ2n) is 9.62. The van der Waals surface area contributed by atoms with E-state index in [4.69, 9.17) is 0 Å². The average Bonchev–Trinajstić information content (AvgIpc) is 2.52. The summed E-state index contributed by atoms with van der Waals surface area (Å²) in [6.07, 6.45) is 3.78. The number of hydrogen-bond acceptors (Lipinski definition) is 2. The molecule has 160 valence electrons. The lowest BCUT2D eigenvalue weighted by molar-refractivity contribution is 0.0958. The molecule has 2 nitrogen and oxygen atoms in total. The first-order chi connectivity index (χ1) is 12.0. The molecule has 26 heavy (non-hydrogen) atoms. The SMILES string of the molecule is CC(C)CN(CC(C)C)CC(C)C.CCC(C)N(C(C)CC)C(C)CC. The summed E-state index contributed by atoms with van der Waals surface area (Å²) in [6, 6.07) is 2.18. The Morgan fingerprint density at radius 1 is 0.462 bits per heavy atom. The molecule has 0 rings (SSSR count). The molecule has 0 amide bonds. The molecule has 0 aliphatic heterocycles. The topological polar surface area (TPSA) is 6.48 Å². The zero-order chi connectivity index (χ0) is 20.9. The van der Waals surface area contributed by atoms with Gasteiger partial charge in [-0.15, -0.1) is 0 Å². The van der Waals surface area contributed by atoms with Crippen LogP contribution in [-0.4, -0.2) is 47.6 Å². The van der Waals surface area contributed by atoms with Crippen LogP contribution in [0.5, 0.6) is 0 Å². The molecule has 0 aliphatic carbocycles. The molecule has 0 spiro atoms. The fourth-order valence-corrected chi connectivity index (χ4v) is 3.71. The fourth-order valence-electron chi connectivity index (χ4n) is 3.71. The van der Waals surface area contributed by atoms with Crippen LogP contribution in [0.2, 0.25) is 0 Å². The molecule has 0 radical (unpaired) electrons. The van der Waals surface area contributed by atoms with Gasteiger partial charge in [-0.2, -0.15) is 0 Å². The van der Waals surface area contributed by atoms with Gasteiger partial charge < -0.3 is 4.90 Å². The molecular formula is C24H54N2. The van der Waals surface area contributed by atoms with Crippen LogP contribution in [0.25, 0.3) is 0 Å². The molecule has 2 heteroatoms. The molecular weight excluding hydrogens is 316 g/mol. The Kier molecular flexibility index (Phi) is 17.2. The highest BCUT2D eigenvalue weighted by molar-refractivity contribution is 4.76. The van der Waals surface area contributed by atoms with Gasteiger partial charge in [0.15, 0.2) is 0 Å². The van der Waals surface area contributed by atoms with Crippen LogP contribution in [0.1, 0.15) is 102 Å². The lowest BCUT2D eigenvalue weighted by Gasteiger charge is -2.38. The summed E-state index contributed by atoms with van der Waals surface area (Å²) in [6.45, 7) is 31.4. The average molecular weight is 371 g/mol. The maximum absolute atomic E-state index is 2.67. The molecule has 0 aliphatic rings. The van der Waals surface area contributed by atoms with Crippen molar-refractivity contribution in [2.45, 2.75) is 120 Å². The van der Waals surface area contributed by atoms with Gasteiger partial charge in [0.25, 0.3) is 0 Å². The molecule has 3 atom stereocenters. The molecule has 0 bridgehead atoms. The van der Waals surface area contributed by atoms with Crippen LogP contribution < -0.4 is 0 Å². The minimum absolute atomic E-state index is 0.727. The van der Waals surface area contributed by atoms with E-state index in [9.17, 15) is 0 Å². The van der Waals surface area contributed by atoms with E-state index in [1.807, 2.05) is 0 Å². The van der Waals surface area contributed by atoms with E-state index in [-0.39, 0.29) is 0 Å². The third-order valence-corrected chi connectivity index (χ3v) is 5.17. The number of hydrogen-bond donors (Lipinski definition) is 0. The van der Waals surface area contributed by atoms with E-state index in [1.54, 1.807) is 0 Å². The number of nitrogens with zero attached hydrogens (tertiary/aromatic N) is 2. The Balaban J connectivity index is 0. The first kappa shape index (κ1) is 28.1. The molecule has 0 aromatic carbocycles. The second-order valence-corrected chi connectivity index (χ2v) is 9.62. The van der Waals surface area contributed by atoms with Crippen LogP contribution >= 0.6 is 0 Å².